The maximum absolute atomic E-state index is 14.9. The summed E-state index contributed by atoms with van der Waals surface area (Å²) in [5.74, 6) is -0.595. The molecule has 0 saturated heterocycles. The third-order valence-corrected chi connectivity index (χ3v) is 7.18. The first-order valence-corrected chi connectivity index (χ1v) is 12.3. The lowest BCUT2D eigenvalue weighted by atomic mass is 9.77. The number of hydrogen-bond acceptors (Lipinski definition) is 0. The van der Waals surface area contributed by atoms with E-state index >= 15 is 0 Å². The largest absolute Gasteiger partial charge is 0.207 e. The van der Waals surface area contributed by atoms with E-state index in [1.54, 1.807) is 30.4 Å². The van der Waals surface area contributed by atoms with Gasteiger partial charge in [-0.05, 0) is 72.6 Å². The van der Waals surface area contributed by atoms with Gasteiger partial charge in [0.05, 0.1) is 0 Å². The Labute approximate surface area is 195 Å². The van der Waals surface area contributed by atoms with Gasteiger partial charge >= 0.3 is 0 Å². The van der Waals surface area contributed by atoms with E-state index in [0.717, 1.165) is 49.1 Å². The minimum Gasteiger partial charge on any atom is -0.207 e. The second-order valence-corrected chi connectivity index (χ2v) is 9.68. The quantitative estimate of drug-likeness (QED) is 0.384. The van der Waals surface area contributed by atoms with Gasteiger partial charge in [-0.25, -0.2) is 13.2 Å². The molecule has 0 radical (unpaired) electrons. The van der Waals surface area contributed by atoms with Gasteiger partial charge in [0.25, 0.3) is 0 Å². The van der Waals surface area contributed by atoms with E-state index in [9.17, 15) is 13.2 Å². The van der Waals surface area contributed by atoms with Crippen LogP contribution in [0.3, 0.4) is 0 Å². The van der Waals surface area contributed by atoms with E-state index in [1.807, 2.05) is 37.3 Å². The van der Waals surface area contributed by atoms with Crippen LogP contribution < -0.4 is 0 Å². The Morgan fingerprint density at radius 3 is 2.27 bits per heavy atom. The Kier molecular flexibility index (Phi) is 7.57. The molecule has 0 nitrogen and oxygen atoms in total. The fourth-order valence-corrected chi connectivity index (χ4v) is 5.22. The van der Waals surface area contributed by atoms with Gasteiger partial charge in [-0.3, -0.25) is 0 Å². The molecule has 0 spiro atoms. The highest BCUT2D eigenvalue weighted by molar-refractivity contribution is 5.79. The summed E-state index contributed by atoms with van der Waals surface area (Å²) in [6.45, 7) is 4.20. The molecule has 0 unspecified atom stereocenters. The molecule has 0 heterocycles. The van der Waals surface area contributed by atoms with Crippen molar-refractivity contribution in [3.63, 3.8) is 0 Å². The average Bonchev–Trinajstić information content (AvgIpc) is 2.81. The van der Waals surface area contributed by atoms with Crippen LogP contribution in [0.25, 0.3) is 17.7 Å². The number of rotatable bonds is 6. The summed E-state index contributed by atoms with van der Waals surface area (Å²) < 4.78 is 44.0. The van der Waals surface area contributed by atoms with Crippen molar-refractivity contribution in [2.24, 2.45) is 11.8 Å². The molecule has 0 aromatic heterocycles. The molecule has 2 aliphatic carbocycles. The van der Waals surface area contributed by atoms with E-state index < -0.39 is 11.6 Å². The molecule has 1 fully saturated rings. The van der Waals surface area contributed by atoms with Crippen LogP contribution in [0.2, 0.25) is 0 Å². The van der Waals surface area contributed by atoms with Gasteiger partial charge in [0.2, 0.25) is 0 Å². The number of halogens is 3. The Balaban J connectivity index is 1.44. The van der Waals surface area contributed by atoms with Crippen LogP contribution in [0.1, 0.15) is 87.0 Å². The average molecular weight is 451 g/mol. The highest BCUT2D eigenvalue weighted by Gasteiger charge is 2.25. The van der Waals surface area contributed by atoms with Crippen LogP contribution in [0.5, 0.6) is 0 Å². The van der Waals surface area contributed by atoms with Gasteiger partial charge in [0.1, 0.15) is 5.83 Å². The number of benzene rings is 2. The molecule has 0 N–H and O–H groups in total. The zero-order valence-corrected chi connectivity index (χ0v) is 19.6. The van der Waals surface area contributed by atoms with Crippen molar-refractivity contribution in [3.05, 3.63) is 88.3 Å². The van der Waals surface area contributed by atoms with Crippen molar-refractivity contribution < 1.29 is 13.2 Å². The highest BCUT2D eigenvalue weighted by atomic mass is 19.2. The summed E-state index contributed by atoms with van der Waals surface area (Å²) in [5, 5.41) is 0. The molecule has 4 rings (SSSR count). The predicted molar refractivity (Wildman–Crippen MR) is 132 cm³/mol. The van der Waals surface area contributed by atoms with E-state index in [-0.39, 0.29) is 23.2 Å². The third kappa shape index (κ3) is 5.51. The molecule has 3 heteroatoms. The maximum Gasteiger partial charge on any atom is 0.166 e. The highest BCUT2D eigenvalue weighted by Crippen LogP contribution is 2.39. The zero-order chi connectivity index (χ0) is 23.4. The van der Waals surface area contributed by atoms with Gasteiger partial charge in [0, 0.05) is 11.1 Å². The van der Waals surface area contributed by atoms with Crippen molar-refractivity contribution in [2.45, 2.75) is 64.7 Å². The molecule has 2 aromatic carbocycles. The Morgan fingerprint density at radius 2 is 1.61 bits per heavy atom. The van der Waals surface area contributed by atoms with Crippen molar-refractivity contribution in [1.82, 2.24) is 0 Å². The maximum atomic E-state index is 14.9. The Bertz CT molecular complexity index is 1050. The van der Waals surface area contributed by atoms with E-state index in [2.05, 4.69) is 6.92 Å². The van der Waals surface area contributed by atoms with Gasteiger partial charge in [0.15, 0.2) is 11.6 Å². The van der Waals surface area contributed by atoms with Crippen molar-refractivity contribution in [1.29, 1.82) is 0 Å². The molecule has 174 valence electrons. The van der Waals surface area contributed by atoms with Crippen LogP contribution in [0.15, 0.2) is 54.4 Å². The topological polar surface area (TPSA) is 0 Å². The number of hydrogen-bond donors (Lipinski definition) is 0. The summed E-state index contributed by atoms with van der Waals surface area (Å²) in [6, 6.07) is 10.9. The summed E-state index contributed by atoms with van der Waals surface area (Å²) >= 11 is 0. The van der Waals surface area contributed by atoms with Crippen LogP contribution in [-0.2, 0) is 0 Å². The van der Waals surface area contributed by atoms with Crippen LogP contribution >= 0.6 is 0 Å². The lowest BCUT2D eigenvalue weighted by molar-refractivity contribution is 0.303. The Morgan fingerprint density at radius 1 is 0.879 bits per heavy atom. The standard InChI is InChI=1S/C30H33F3/c1-3-4-21-6-13-24(14-7-21)27-18-16-25(29(32)30(27)33)15-10-22-8-11-23(12-9-22)26-17-5-20(2)19-28(26)31/h8-12,15-21,24H,3-7,13-14H2,1-2H3/b15-10+/t20-,21?,24?/m0/s1. The first-order valence-electron chi connectivity index (χ1n) is 12.3. The second-order valence-electron chi connectivity index (χ2n) is 9.68. The second kappa shape index (κ2) is 10.6. The van der Waals surface area contributed by atoms with Crippen LogP contribution in [0.4, 0.5) is 13.2 Å². The summed E-state index contributed by atoms with van der Waals surface area (Å²) in [6.07, 6.45) is 14.3. The van der Waals surface area contributed by atoms with E-state index in [0.29, 0.717) is 11.1 Å². The molecule has 0 amide bonds. The molecule has 2 aliphatic rings. The number of allylic oxidation sites excluding steroid dienone is 4. The predicted octanol–water partition coefficient (Wildman–Crippen LogP) is 9.49. The molecule has 33 heavy (non-hydrogen) atoms. The normalized spacial score (nSPS) is 23.5. The summed E-state index contributed by atoms with van der Waals surface area (Å²) in [5.41, 5.74) is 3.07. The van der Waals surface area contributed by atoms with Gasteiger partial charge in [-0.15, -0.1) is 0 Å². The van der Waals surface area contributed by atoms with Crippen molar-refractivity contribution in [3.8, 4) is 0 Å². The van der Waals surface area contributed by atoms with E-state index in [4.69, 9.17) is 0 Å². The summed E-state index contributed by atoms with van der Waals surface area (Å²) in [7, 11) is 0. The van der Waals surface area contributed by atoms with Crippen LogP contribution in [-0.4, -0.2) is 0 Å². The monoisotopic (exact) mass is 450 g/mol. The van der Waals surface area contributed by atoms with Gasteiger partial charge in [-0.2, -0.15) is 0 Å². The van der Waals surface area contributed by atoms with Crippen LogP contribution in [0, 0.1) is 23.5 Å². The summed E-state index contributed by atoms with van der Waals surface area (Å²) in [4.78, 5) is 0. The van der Waals surface area contributed by atoms with Gasteiger partial charge < -0.3 is 0 Å². The first kappa shape index (κ1) is 23.6. The smallest absolute Gasteiger partial charge is 0.166 e. The zero-order valence-electron chi connectivity index (χ0n) is 19.6. The lowest BCUT2D eigenvalue weighted by Gasteiger charge is -2.29. The van der Waals surface area contributed by atoms with Crippen molar-refractivity contribution in [2.75, 3.05) is 0 Å². The van der Waals surface area contributed by atoms with Crippen molar-refractivity contribution >= 4 is 17.7 Å². The molecule has 0 aliphatic heterocycles. The third-order valence-electron chi connectivity index (χ3n) is 7.18. The molecule has 2 aromatic rings. The SMILES string of the molecule is CCCC1CCC(c2ccc(/C=C/c3ccc(C4=CC[C@H](C)C=C4F)cc3)c(F)c2F)CC1. The molecular formula is C30H33F3. The Hall–Kier alpha value is -2.55. The van der Waals surface area contributed by atoms with Gasteiger partial charge in [-0.1, -0.05) is 81.3 Å². The molecular weight excluding hydrogens is 417 g/mol. The minimum absolute atomic E-state index is 0.115. The molecule has 0 bridgehead atoms. The first-order chi connectivity index (χ1) is 16.0. The lowest BCUT2D eigenvalue weighted by Crippen LogP contribution is -2.15. The fraction of sp³-hybridized carbons (Fsp3) is 0.400. The fourth-order valence-electron chi connectivity index (χ4n) is 5.22. The van der Waals surface area contributed by atoms with E-state index in [1.165, 1.54) is 12.8 Å². The molecule has 1 atom stereocenters. The minimum atomic E-state index is -0.773. The molecule has 1 saturated carbocycles.